The Labute approximate surface area is 77.0 Å². The first-order valence-electron chi connectivity index (χ1n) is 2.82. The van der Waals surface area contributed by atoms with Gasteiger partial charge in [-0.3, -0.25) is 9.36 Å². The van der Waals surface area contributed by atoms with E-state index in [0.29, 0.717) is 0 Å². The van der Waals surface area contributed by atoms with Gasteiger partial charge in [0.15, 0.2) is 0 Å². The van der Waals surface area contributed by atoms with Crippen molar-refractivity contribution in [3.63, 3.8) is 0 Å². The first-order valence-corrected chi connectivity index (χ1v) is 5.37. The molecule has 0 heterocycles. The molecule has 0 bridgehead atoms. The minimum Gasteiger partial charge on any atom is -0.344 e. The highest BCUT2D eigenvalue weighted by Crippen LogP contribution is 2.43. The fourth-order valence-electron chi connectivity index (χ4n) is 0.402. The van der Waals surface area contributed by atoms with Crippen molar-refractivity contribution in [2.24, 2.45) is 0 Å². The molecule has 1 N–H and O–H groups in total. The largest absolute Gasteiger partial charge is 0.344 e. The highest BCUT2D eigenvalue weighted by atomic mass is 35.5. The van der Waals surface area contributed by atoms with Crippen LogP contribution in [-0.4, -0.2) is 22.5 Å². The highest BCUT2D eigenvalue weighted by molar-refractivity contribution is 7.57. The second kappa shape index (κ2) is 5.15. The Hall–Kier alpha value is 0.440. The third kappa shape index (κ3) is 6.82. The first-order chi connectivity index (χ1) is 4.34. The van der Waals surface area contributed by atoms with E-state index in [0.717, 1.165) is 0 Å². The lowest BCUT2D eigenvalue weighted by Gasteiger charge is -2.11. The molecule has 11 heavy (non-hydrogen) atoms. The SMILES string of the molecule is CC(CC(=O)Cl)P(C)(=O)O.Cl. The van der Waals surface area contributed by atoms with Crippen molar-refractivity contribution < 1.29 is 14.3 Å². The average Bonchev–Trinajstić information content (AvgIpc) is 1.60. The van der Waals surface area contributed by atoms with Crippen LogP contribution in [0.5, 0.6) is 0 Å². The van der Waals surface area contributed by atoms with Crippen LogP contribution in [0.1, 0.15) is 13.3 Å². The molecule has 0 amide bonds. The molecule has 0 radical (unpaired) electrons. The zero-order chi connectivity index (χ0) is 8.36. The van der Waals surface area contributed by atoms with Gasteiger partial charge in [0.2, 0.25) is 12.6 Å². The topological polar surface area (TPSA) is 54.4 Å². The van der Waals surface area contributed by atoms with Gasteiger partial charge in [0.1, 0.15) is 0 Å². The lowest BCUT2D eigenvalue weighted by Crippen LogP contribution is -2.05. The monoisotopic (exact) mass is 220 g/mol. The predicted molar refractivity (Wildman–Crippen MR) is 47.9 cm³/mol. The summed E-state index contributed by atoms with van der Waals surface area (Å²) < 4.78 is 10.8. The quantitative estimate of drug-likeness (QED) is 0.584. The van der Waals surface area contributed by atoms with E-state index >= 15 is 0 Å². The molecule has 0 spiro atoms. The van der Waals surface area contributed by atoms with Gasteiger partial charge in [0.05, 0.1) is 0 Å². The van der Waals surface area contributed by atoms with Gasteiger partial charge < -0.3 is 4.89 Å². The molecule has 0 fully saturated rings. The summed E-state index contributed by atoms with van der Waals surface area (Å²) >= 11 is 5.01. The third-order valence-corrected chi connectivity index (χ3v) is 3.25. The van der Waals surface area contributed by atoms with Crippen molar-refractivity contribution in [3.8, 4) is 0 Å². The van der Waals surface area contributed by atoms with Gasteiger partial charge in [-0.25, -0.2) is 0 Å². The molecule has 2 atom stereocenters. The van der Waals surface area contributed by atoms with Gasteiger partial charge in [0.25, 0.3) is 0 Å². The van der Waals surface area contributed by atoms with Crippen molar-refractivity contribution in [1.82, 2.24) is 0 Å². The Balaban J connectivity index is 0. The van der Waals surface area contributed by atoms with Crippen molar-refractivity contribution in [3.05, 3.63) is 0 Å². The van der Waals surface area contributed by atoms with Crippen LogP contribution in [0.2, 0.25) is 0 Å². The first kappa shape index (κ1) is 14.0. The third-order valence-electron chi connectivity index (χ3n) is 1.27. The van der Waals surface area contributed by atoms with Gasteiger partial charge >= 0.3 is 0 Å². The number of carbonyl (C=O) groups excluding carboxylic acids is 1. The van der Waals surface area contributed by atoms with E-state index in [4.69, 9.17) is 16.5 Å². The summed E-state index contributed by atoms with van der Waals surface area (Å²) in [6, 6.07) is 0. The molecular formula is C5H11Cl2O3P. The van der Waals surface area contributed by atoms with E-state index in [1.807, 2.05) is 0 Å². The van der Waals surface area contributed by atoms with E-state index in [-0.39, 0.29) is 18.8 Å². The summed E-state index contributed by atoms with van der Waals surface area (Å²) in [5.74, 6) is 0. The molecule has 0 aromatic heterocycles. The second-order valence-electron chi connectivity index (χ2n) is 2.35. The maximum Gasteiger partial charge on any atom is 0.222 e. The van der Waals surface area contributed by atoms with Crippen LogP contribution in [0.25, 0.3) is 0 Å². The smallest absolute Gasteiger partial charge is 0.222 e. The number of halogens is 2. The maximum absolute atomic E-state index is 10.8. The highest BCUT2D eigenvalue weighted by Gasteiger charge is 2.22. The van der Waals surface area contributed by atoms with Gasteiger partial charge in [-0.05, 0) is 11.6 Å². The van der Waals surface area contributed by atoms with E-state index in [1.54, 1.807) is 0 Å². The summed E-state index contributed by atoms with van der Waals surface area (Å²) in [5, 5.41) is -0.566. The van der Waals surface area contributed by atoms with E-state index < -0.39 is 18.3 Å². The molecule has 0 saturated carbocycles. The Morgan fingerprint density at radius 2 is 2.09 bits per heavy atom. The van der Waals surface area contributed by atoms with Crippen LogP contribution >= 0.6 is 31.4 Å². The van der Waals surface area contributed by atoms with E-state index in [2.05, 4.69) is 0 Å². The second-order valence-corrected chi connectivity index (χ2v) is 5.54. The normalized spacial score (nSPS) is 17.8. The summed E-state index contributed by atoms with van der Waals surface area (Å²) in [6.45, 7) is 2.75. The summed E-state index contributed by atoms with van der Waals surface area (Å²) in [7, 11) is -3.12. The molecule has 68 valence electrons. The minimum atomic E-state index is -3.12. The molecule has 0 saturated heterocycles. The van der Waals surface area contributed by atoms with Crippen LogP contribution in [0.15, 0.2) is 0 Å². The standard InChI is InChI=1S/C5H10ClO3P.ClH/c1-4(3-5(6)7)10(2,8)9;/h4H,3H2,1-2H3,(H,8,9);1H. The molecule has 0 rings (SSSR count). The number of carbonyl (C=O) groups is 1. The molecule has 2 unspecified atom stereocenters. The zero-order valence-corrected chi connectivity index (χ0v) is 8.75. The van der Waals surface area contributed by atoms with Crippen LogP contribution in [-0.2, 0) is 9.36 Å². The van der Waals surface area contributed by atoms with Gasteiger partial charge in [-0.2, -0.15) is 0 Å². The summed E-state index contributed by atoms with van der Waals surface area (Å²) in [5.41, 5.74) is -0.530. The number of hydrogen-bond acceptors (Lipinski definition) is 2. The summed E-state index contributed by atoms with van der Waals surface area (Å²) in [4.78, 5) is 19.1. The molecular weight excluding hydrogens is 210 g/mol. The van der Waals surface area contributed by atoms with E-state index in [9.17, 15) is 9.36 Å². The van der Waals surface area contributed by atoms with Gasteiger partial charge in [-0.1, -0.05) is 6.92 Å². The fraction of sp³-hybridized carbons (Fsp3) is 0.800. The van der Waals surface area contributed by atoms with Crippen LogP contribution in [0.4, 0.5) is 0 Å². The molecule has 0 aliphatic carbocycles. The Kier molecular flexibility index (Phi) is 6.55. The maximum atomic E-state index is 10.8. The fourth-order valence-corrected chi connectivity index (χ4v) is 1.25. The van der Waals surface area contributed by atoms with Crippen LogP contribution in [0, 0.1) is 0 Å². The molecule has 0 aliphatic heterocycles. The zero-order valence-electron chi connectivity index (χ0n) is 6.28. The molecule has 0 aliphatic rings. The Morgan fingerprint density at radius 1 is 1.73 bits per heavy atom. The van der Waals surface area contributed by atoms with Gasteiger partial charge in [-0.15, -0.1) is 12.4 Å². The average molecular weight is 221 g/mol. The van der Waals surface area contributed by atoms with Gasteiger partial charge in [0, 0.05) is 18.7 Å². The Bertz CT molecular complexity index is 177. The van der Waals surface area contributed by atoms with Crippen molar-refractivity contribution in [2.45, 2.75) is 19.0 Å². The molecule has 0 aromatic rings. The van der Waals surface area contributed by atoms with Crippen molar-refractivity contribution >= 4 is 36.6 Å². The predicted octanol–water partition coefficient (Wildman–Crippen LogP) is 1.85. The van der Waals surface area contributed by atoms with Crippen molar-refractivity contribution in [1.29, 1.82) is 0 Å². The lowest BCUT2D eigenvalue weighted by atomic mass is 10.4. The van der Waals surface area contributed by atoms with E-state index in [1.165, 1.54) is 13.6 Å². The molecule has 0 aromatic carbocycles. The molecule has 3 nitrogen and oxygen atoms in total. The van der Waals surface area contributed by atoms with Crippen LogP contribution < -0.4 is 0 Å². The molecule has 6 heteroatoms. The Morgan fingerprint density at radius 3 is 2.18 bits per heavy atom. The summed E-state index contributed by atoms with van der Waals surface area (Å²) in [6.07, 6.45) is -0.0359. The number of hydrogen-bond donors (Lipinski definition) is 1. The minimum absolute atomic E-state index is 0. The lowest BCUT2D eigenvalue weighted by molar-refractivity contribution is -0.111. The van der Waals surface area contributed by atoms with Crippen LogP contribution in [0.3, 0.4) is 0 Å². The number of rotatable bonds is 3. The van der Waals surface area contributed by atoms with Crippen molar-refractivity contribution in [2.75, 3.05) is 6.66 Å².